The zero-order chi connectivity index (χ0) is 10.8. The van der Waals surface area contributed by atoms with Gasteiger partial charge < -0.3 is 9.67 Å². The normalized spacial score (nSPS) is 12.7. The van der Waals surface area contributed by atoms with Crippen LogP contribution in [0.1, 0.15) is 17.4 Å². The van der Waals surface area contributed by atoms with E-state index in [1.807, 2.05) is 19.2 Å². The Morgan fingerprint density at radius 1 is 1.47 bits per heavy atom. The molecule has 0 aliphatic heterocycles. The van der Waals surface area contributed by atoms with Gasteiger partial charge in [-0.1, -0.05) is 23.7 Å². The van der Waals surface area contributed by atoms with Crippen LogP contribution in [-0.2, 0) is 7.05 Å². The van der Waals surface area contributed by atoms with Crippen LogP contribution in [0.3, 0.4) is 0 Å². The fourth-order valence-electron chi connectivity index (χ4n) is 1.42. The molecule has 1 aromatic carbocycles. The molecule has 78 valence electrons. The first-order valence-electron chi connectivity index (χ1n) is 4.58. The second-order valence-electron chi connectivity index (χ2n) is 3.42. The quantitative estimate of drug-likeness (QED) is 0.846. The Hall–Kier alpha value is -1.32. The zero-order valence-electron chi connectivity index (χ0n) is 8.26. The summed E-state index contributed by atoms with van der Waals surface area (Å²) in [5, 5.41) is 10.6. The molecule has 0 aliphatic carbocycles. The minimum Gasteiger partial charge on any atom is -0.382 e. The van der Waals surface area contributed by atoms with Crippen LogP contribution < -0.4 is 0 Å². The molecule has 0 saturated carbocycles. The van der Waals surface area contributed by atoms with Crippen molar-refractivity contribution in [2.24, 2.45) is 7.05 Å². The second-order valence-corrected chi connectivity index (χ2v) is 3.86. The fraction of sp³-hybridized carbons (Fsp3) is 0.182. The number of aliphatic hydroxyl groups is 1. The van der Waals surface area contributed by atoms with Gasteiger partial charge >= 0.3 is 0 Å². The van der Waals surface area contributed by atoms with Crippen LogP contribution in [-0.4, -0.2) is 14.7 Å². The molecule has 1 N–H and O–H groups in total. The molecule has 0 amide bonds. The minimum atomic E-state index is -0.718. The number of aliphatic hydroxyl groups excluding tert-OH is 1. The molecule has 0 fully saturated rings. The summed E-state index contributed by atoms with van der Waals surface area (Å²) in [6.45, 7) is 0. The van der Waals surface area contributed by atoms with E-state index in [-0.39, 0.29) is 0 Å². The lowest BCUT2D eigenvalue weighted by molar-refractivity contribution is 0.216. The first-order chi connectivity index (χ1) is 7.16. The molecular weight excluding hydrogens is 212 g/mol. The van der Waals surface area contributed by atoms with Gasteiger partial charge in [-0.25, -0.2) is 4.98 Å². The molecule has 2 aromatic rings. The Morgan fingerprint density at radius 3 is 2.87 bits per heavy atom. The summed E-state index contributed by atoms with van der Waals surface area (Å²) in [5.74, 6) is 0. The molecule has 1 heterocycles. The smallest absolute Gasteiger partial charge is 0.123 e. The van der Waals surface area contributed by atoms with E-state index in [2.05, 4.69) is 4.98 Å². The SMILES string of the molecule is Cn1cnc(C(O)c2cccc(Cl)c2)c1. The first-order valence-corrected chi connectivity index (χ1v) is 4.96. The largest absolute Gasteiger partial charge is 0.382 e. The summed E-state index contributed by atoms with van der Waals surface area (Å²) in [5.41, 5.74) is 1.38. The number of hydrogen-bond donors (Lipinski definition) is 1. The van der Waals surface area contributed by atoms with Crippen molar-refractivity contribution in [1.82, 2.24) is 9.55 Å². The molecule has 3 nitrogen and oxygen atoms in total. The summed E-state index contributed by atoms with van der Waals surface area (Å²) >= 11 is 5.84. The molecular formula is C11H11ClN2O. The van der Waals surface area contributed by atoms with Gasteiger partial charge in [0.25, 0.3) is 0 Å². The van der Waals surface area contributed by atoms with Crippen molar-refractivity contribution in [2.45, 2.75) is 6.10 Å². The van der Waals surface area contributed by atoms with Gasteiger partial charge in [-0.15, -0.1) is 0 Å². The summed E-state index contributed by atoms with van der Waals surface area (Å²) in [6.07, 6.45) is 2.72. The Bertz CT molecular complexity index is 467. The van der Waals surface area contributed by atoms with E-state index >= 15 is 0 Å². The van der Waals surface area contributed by atoms with Gasteiger partial charge in [-0.2, -0.15) is 0 Å². The van der Waals surface area contributed by atoms with Gasteiger partial charge in [-0.05, 0) is 17.7 Å². The number of aromatic nitrogens is 2. The molecule has 0 bridgehead atoms. The van der Waals surface area contributed by atoms with Crippen LogP contribution in [0.25, 0.3) is 0 Å². The third-order valence-electron chi connectivity index (χ3n) is 2.17. The number of imidazole rings is 1. The van der Waals surface area contributed by atoms with E-state index in [1.54, 1.807) is 29.2 Å². The van der Waals surface area contributed by atoms with Crippen molar-refractivity contribution < 1.29 is 5.11 Å². The van der Waals surface area contributed by atoms with Crippen molar-refractivity contribution >= 4 is 11.6 Å². The molecule has 1 unspecified atom stereocenters. The molecule has 15 heavy (non-hydrogen) atoms. The van der Waals surface area contributed by atoms with E-state index in [9.17, 15) is 5.11 Å². The van der Waals surface area contributed by atoms with E-state index < -0.39 is 6.10 Å². The average Bonchev–Trinajstić information content (AvgIpc) is 2.64. The van der Waals surface area contributed by atoms with Crippen LogP contribution in [0.2, 0.25) is 5.02 Å². The van der Waals surface area contributed by atoms with Crippen molar-refractivity contribution in [1.29, 1.82) is 0 Å². The van der Waals surface area contributed by atoms with E-state index in [4.69, 9.17) is 11.6 Å². The highest BCUT2D eigenvalue weighted by Crippen LogP contribution is 2.22. The van der Waals surface area contributed by atoms with Crippen LogP contribution in [0.15, 0.2) is 36.8 Å². The minimum absolute atomic E-state index is 0.613. The maximum atomic E-state index is 10.00. The Kier molecular flexibility index (Phi) is 2.75. The number of hydrogen-bond acceptors (Lipinski definition) is 2. The molecule has 0 spiro atoms. The lowest BCUT2D eigenvalue weighted by Gasteiger charge is -2.07. The van der Waals surface area contributed by atoms with Gasteiger partial charge in [0, 0.05) is 18.3 Å². The van der Waals surface area contributed by atoms with Crippen molar-refractivity contribution in [3.05, 3.63) is 53.1 Å². The summed E-state index contributed by atoms with van der Waals surface area (Å²) in [6, 6.07) is 7.14. The van der Waals surface area contributed by atoms with Gasteiger partial charge in [-0.3, -0.25) is 0 Å². The Labute approximate surface area is 93.0 Å². The molecule has 1 aromatic heterocycles. The molecule has 0 saturated heterocycles. The number of halogens is 1. The van der Waals surface area contributed by atoms with E-state index in [1.165, 1.54) is 0 Å². The predicted octanol–water partition coefficient (Wildman–Crippen LogP) is 2.16. The van der Waals surface area contributed by atoms with Crippen LogP contribution in [0, 0.1) is 0 Å². The molecule has 2 rings (SSSR count). The highest BCUT2D eigenvalue weighted by molar-refractivity contribution is 6.30. The van der Waals surface area contributed by atoms with E-state index in [0.29, 0.717) is 10.7 Å². The van der Waals surface area contributed by atoms with Gasteiger partial charge in [0.2, 0.25) is 0 Å². The Morgan fingerprint density at radius 2 is 2.27 bits per heavy atom. The lowest BCUT2D eigenvalue weighted by Crippen LogP contribution is -1.99. The number of rotatable bonds is 2. The summed E-state index contributed by atoms with van der Waals surface area (Å²) < 4.78 is 1.79. The topological polar surface area (TPSA) is 38.0 Å². The van der Waals surface area contributed by atoms with Crippen LogP contribution >= 0.6 is 11.6 Å². The molecule has 1 atom stereocenters. The fourth-order valence-corrected chi connectivity index (χ4v) is 1.62. The third-order valence-corrected chi connectivity index (χ3v) is 2.40. The monoisotopic (exact) mass is 222 g/mol. The standard InChI is InChI=1S/C11H11ClN2O/c1-14-6-10(13-7-14)11(15)8-3-2-4-9(12)5-8/h2-7,11,15H,1H3. The summed E-state index contributed by atoms with van der Waals surface area (Å²) in [4.78, 5) is 4.09. The van der Waals surface area contributed by atoms with Crippen molar-refractivity contribution in [3.8, 4) is 0 Å². The number of aryl methyl sites for hydroxylation is 1. The van der Waals surface area contributed by atoms with Crippen LogP contribution in [0.4, 0.5) is 0 Å². The van der Waals surface area contributed by atoms with E-state index in [0.717, 1.165) is 5.56 Å². The van der Waals surface area contributed by atoms with Gasteiger partial charge in [0.15, 0.2) is 0 Å². The molecule has 4 heteroatoms. The van der Waals surface area contributed by atoms with Crippen molar-refractivity contribution in [2.75, 3.05) is 0 Å². The molecule has 0 aliphatic rings. The predicted molar refractivity (Wildman–Crippen MR) is 58.7 cm³/mol. The highest BCUT2D eigenvalue weighted by atomic mass is 35.5. The number of nitrogens with zero attached hydrogens (tertiary/aromatic N) is 2. The highest BCUT2D eigenvalue weighted by Gasteiger charge is 2.12. The third kappa shape index (κ3) is 2.19. The average molecular weight is 223 g/mol. The lowest BCUT2D eigenvalue weighted by atomic mass is 10.1. The first kappa shape index (κ1) is 10.2. The zero-order valence-corrected chi connectivity index (χ0v) is 9.02. The maximum absolute atomic E-state index is 10.00. The number of benzene rings is 1. The maximum Gasteiger partial charge on any atom is 0.123 e. The van der Waals surface area contributed by atoms with Gasteiger partial charge in [0.1, 0.15) is 6.10 Å². The second kappa shape index (κ2) is 4.04. The summed E-state index contributed by atoms with van der Waals surface area (Å²) in [7, 11) is 1.86. The van der Waals surface area contributed by atoms with Crippen LogP contribution in [0.5, 0.6) is 0 Å². The molecule has 0 radical (unpaired) electrons. The van der Waals surface area contributed by atoms with Crippen molar-refractivity contribution in [3.63, 3.8) is 0 Å². The van der Waals surface area contributed by atoms with Gasteiger partial charge in [0.05, 0.1) is 12.0 Å². The Balaban J connectivity index is 2.32.